The van der Waals surface area contributed by atoms with Gasteiger partial charge in [-0.1, -0.05) is 12.1 Å². The zero-order valence-corrected chi connectivity index (χ0v) is 14.9. The van der Waals surface area contributed by atoms with Crippen molar-refractivity contribution in [3.8, 4) is 17.3 Å². The molecule has 2 aliphatic rings. The maximum atomic E-state index is 12.3. The van der Waals surface area contributed by atoms with E-state index in [1.807, 2.05) is 0 Å². The van der Waals surface area contributed by atoms with Gasteiger partial charge in [0.25, 0.3) is 5.56 Å². The number of nitrogens with one attached hydrogen (secondary N) is 1. The Morgan fingerprint density at radius 1 is 1.03 bits per heavy atom. The summed E-state index contributed by atoms with van der Waals surface area (Å²) >= 11 is 0. The maximum absolute atomic E-state index is 12.3. The number of aromatic hydroxyl groups is 1. The predicted octanol–water partition coefficient (Wildman–Crippen LogP) is 2.63. The van der Waals surface area contributed by atoms with E-state index in [9.17, 15) is 14.7 Å². The van der Waals surface area contributed by atoms with Gasteiger partial charge in [-0.25, -0.2) is 9.78 Å². The average Bonchev–Trinajstić information content (AvgIpc) is 2.72. The van der Waals surface area contributed by atoms with Crippen molar-refractivity contribution < 1.29 is 5.11 Å². The third-order valence-electron chi connectivity index (χ3n) is 4.51. The number of hydrogen-bond donors (Lipinski definition) is 2. The largest absolute Gasteiger partial charge is 0.508 e. The van der Waals surface area contributed by atoms with Crippen molar-refractivity contribution in [1.29, 1.82) is 0 Å². The van der Waals surface area contributed by atoms with E-state index < -0.39 is 11.2 Å². The van der Waals surface area contributed by atoms with Gasteiger partial charge in [-0.3, -0.25) is 19.5 Å². The third-order valence-corrected chi connectivity index (χ3v) is 4.51. The van der Waals surface area contributed by atoms with Gasteiger partial charge in [0, 0.05) is 6.54 Å². The van der Waals surface area contributed by atoms with Gasteiger partial charge < -0.3 is 9.67 Å². The summed E-state index contributed by atoms with van der Waals surface area (Å²) in [5, 5.41) is 9.44. The Balaban J connectivity index is 1.98. The molecule has 2 heterocycles. The topological polar surface area (TPSA) is 110 Å². The fraction of sp³-hybridized carbons (Fsp3) is 0.100. The summed E-state index contributed by atoms with van der Waals surface area (Å²) in [5.41, 5.74) is 0.579. The van der Waals surface area contributed by atoms with E-state index in [4.69, 9.17) is 13.1 Å². The summed E-state index contributed by atoms with van der Waals surface area (Å²) in [4.78, 5) is 41.1. The molecule has 0 aliphatic carbocycles. The molecule has 0 bridgehead atoms. The molecule has 0 unspecified atom stereocenters. The van der Waals surface area contributed by atoms with E-state index in [-0.39, 0.29) is 28.6 Å². The van der Waals surface area contributed by atoms with E-state index >= 15 is 0 Å². The van der Waals surface area contributed by atoms with Crippen LogP contribution in [0.4, 0.5) is 11.4 Å². The second-order valence-corrected chi connectivity index (χ2v) is 6.28. The number of rotatable bonds is 3. The molecule has 29 heavy (non-hydrogen) atoms. The van der Waals surface area contributed by atoms with E-state index in [2.05, 4.69) is 24.6 Å². The summed E-state index contributed by atoms with van der Waals surface area (Å²) in [6.45, 7) is 14.9. The highest BCUT2D eigenvalue weighted by Crippen LogP contribution is 2.34. The summed E-state index contributed by atoms with van der Waals surface area (Å²) in [6.07, 6.45) is 0.514. The Kier molecular flexibility index (Phi) is 4.26. The van der Waals surface area contributed by atoms with Crippen LogP contribution in [0, 0.1) is 13.1 Å². The molecule has 9 heteroatoms. The van der Waals surface area contributed by atoms with E-state index in [0.29, 0.717) is 24.0 Å². The molecule has 2 N–H and O–H groups in total. The Bertz CT molecular complexity index is 1420. The minimum absolute atomic E-state index is 0.0192. The number of phenolic OH excluding ortho intramolecular Hbond substituents is 1. The van der Waals surface area contributed by atoms with Gasteiger partial charge >= 0.3 is 5.69 Å². The third kappa shape index (κ3) is 3.17. The molecule has 0 atom stereocenters. The van der Waals surface area contributed by atoms with Crippen LogP contribution >= 0.6 is 0 Å². The zero-order valence-electron chi connectivity index (χ0n) is 14.9. The number of nitrogens with zero attached hydrogens (tertiary/aromatic N) is 5. The van der Waals surface area contributed by atoms with Crippen LogP contribution in [0.25, 0.3) is 32.2 Å². The van der Waals surface area contributed by atoms with Crippen molar-refractivity contribution in [2.45, 2.75) is 13.0 Å². The molecule has 0 amide bonds. The van der Waals surface area contributed by atoms with Gasteiger partial charge in [0.15, 0.2) is 22.9 Å². The number of aryl methyl sites for hydroxylation is 2. The van der Waals surface area contributed by atoms with E-state index in [0.717, 1.165) is 5.56 Å². The predicted molar refractivity (Wildman–Crippen MR) is 105 cm³/mol. The summed E-state index contributed by atoms with van der Waals surface area (Å²) in [7, 11) is 0. The number of fused-ring (bicyclic) bond motifs is 2. The van der Waals surface area contributed by atoms with Crippen LogP contribution < -0.4 is 11.2 Å². The molecule has 0 fully saturated rings. The highest BCUT2D eigenvalue weighted by atomic mass is 16.3. The van der Waals surface area contributed by atoms with Crippen LogP contribution in [0.3, 0.4) is 0 Å². The smallest absolute Gasteiger partial charge is 0.349 e. The first-order valence-electron chi connectivity index (χ1n) is 8.51. The fourth-order valence-electron chi connectivity index (χ4n) is 3.13. The average molecular weight is 384 g/mol. The van der Waals surface area contributed by atoms with Crippen LogP contribution in [-0.4, -0.2) is 24.6 Å². The van der Waals surface area contributed by atoms with Crippen LogP contribution in [0.2, 0.25) is 0 Å². The van der Waals surface area contributed by atoms with Gasteiger partial charge in [0.2, 0.25) is 0 Å². The quantitative estimate of drug-likeness (QED) is 0.417. The highest BCUT2D eigenvalue weighted by Gasteiger charge is 2.20. The molecule has 2 aromatic carbocycles. The van der Waals surface area contributed by atoms with Gasteiger partial charge in [-0.15, -0.1) is 0 Å². The lowest BCUT2D eigenvalue weighted by Crippen LogP contribution is -2.29. The molecular formula is C20H12N6O3. The van der Waals surface area contributed by atoms with Crippen molar-refractivity contribution >= 4 is 22.4 Å². The second kappa shape index (κ2) is 6.91. The first kappa shape index (κ1) is 17.9. The first-order valence-corrected chi connectivity index (χ1v) is 8.51. The molecule has 2 aromatic rings. The molecular weight excluding hydrogens is 372 g/mol. The molecule has 0 radical (unpaired) electrons. The number of hydrogen-bond acceptors (Lipinski definition) is 5. The molecule has 2 aliphatic heterocycles. The molecule has 0 saturated carbocycles. The minimum atomic E-state index is -0.787. The molecule has 0 saturated heterocycles. The number of benzene rings is 2. The Morgan fingerprint density at radius 2 is 1.72 bits per heavy atom. The Morgan fingerprint density at radius 3 is 2.41 bits per heavy atom. The SMILES string of the molecule is [C-]#[N+]c1cc2nc3c(=O)[nH]c(=O)nc-3n(CCc3ccc(O)cc3)c2cc1[N+]#[C-]. The molecule has 0 aromatic heterocycles. The van der Waals surface area contributed by atoms with E-state index in [1.54, 1.807) is 28.8 Å². The van der Waals surface area contributed by atoms with Crippen molar-refractivity contribution in [2.24, 2.45) is 0 Å². The lowest BCUT2D eigenvalue weighted by atomic mass is 10.1. The van der Waals surface area contributed by atoms with E-state index in [1.165, 1.54) is 12.1 Å². The maximum Gasteiger partial charge on any atom is 0.349 e. The summed E-state index contributed by atoms with van der Waals surface area (Å²) in [6, 6.07) is 9.65. The lowest BCUT2D eigenvalue weighted by Gasteiger charge is -2.17. The van der Waals surface area contributed by atoms with Crippen LogP contribution in [-0.2, 0) is 13.0 Å². The molecule has 0 spiro atoms. The van der Waals surface area contributed by atoms with Crippen LogP contribution in [0.5, 0.6) is 5.75 Å². The van der Waals surface area contributed by atoms with Crippen molar-refractivity contribution in [2.75, 3.05) is 0 Å². The Hall–Kier alpha value is -4.50. The molecule has 4 rings (SSSR count). The number of aromatic nitrogens is 4. The van der Waals surface area contributed by atoms with Crippen LogP contribution in [0.1, 0.15) is 5.56 Å². The summed E-state index contributed by atoms with van der Waals surface area (Å²) in [5.74, 6) is 0.260. The van der Waals surface area contributed by atoms with Crippen molar-refractivity contribution in [1.82, 2.24) is 19.5 Å². The summed E-state index contributed by atoms with van der Waals surface area (Å²) < 4.78 is 1.66. The molecule has 140 valence electrons. The van der Waals surface area contributed by atoms with Crippen molar-refractivity contribution in [3.63, 3.8) is 0 Å². The molecule has 9 nitrogen and oxygen atoms in total. The highest BCUT2D eigenvalue weighted by molar-refractivity contribution is 5.90. The number of phenols is 1. The van der Waals surface area contributed by atoms with Gasteiger partial charge in [0.1, 0.15) is 5.75 Å². The zero-order chi connectivity index (χ0) is 20.5. The van der Waals surface area contributed by atoms with Crippen molar-refractivity contribution in [3.05, 3.63) is 85.6 Å². The number of H-pyrrole nitrogens is 1. The van der Waals surface area contributed by atoms with Gasteiger partial charge in [0.05, 0.1) is 24.2 Å². The van der Waals surface area contributed by atoms with Crippen LogP contribution in [0.15, 0.2) is 46.0 Å². The van der Waals surface area contributed by atoms with Gasteiger partial charge in [-0.2, -0.15) is 4.98 Å². The normalized spacial score (nSPS) is 10.7. The number of aromatic amines is 1. The lowest BCUT2D eigenvalue weighted by molar-refractivity contribution is 0.475. The minimum Gasteiger partial charge on any atom is -0.508 e. The second-order valence-electron chi connectivity index (χ2n) is 6.28. The Labute approximate surface area is 163 Å². The fourth-order valence-corrected chi connectivity index (χ4v) is 3.13. The van der Waals surface area contributed by atoms with Gasteiger partial charge in [-0.05, 0) is 36.2 Å². The first-order chi connectivity index (χ1) is 14.0. The monoisotopic (exact) mass is 384 g/mol. The standard InChI is InChI=1S/C20H12N6O3/c1-21-13-9-15-16(10-14(13)22-2)26(8-7-11-3-5-12(27)6-4-11)18-17(23-15)19(28)25-20(29)24-18/h3-6,9-10,27H,7-8H2,(H,25,28,29).